The molecule has 4 rings (SSSR count). The number of thioether (sulfide) groups is 1. The number of amides is 2. The van der Waals surface area contributed by atoms with E-state index in [1.54, 1.807) is 12.3 Å². The van der Waals surface area contributed by atoms with Gasteiger partial charge >= 0.3 is 0 Å². The van der Waals surface area contributed by atoms with Gasteiger partial charge in [0.1, 0.15) is 5.25 Å². The molecule has 152 valence electrons. The summed E-state index contributed by atoms with van der Waals surface area (Å²) in [6.07, 6.45) is 3.37. The fourth-order valence-corrected chi connectivity index (χ4v) is 4.31. The van der Waals surface area contributed by atoms with Gasteiger partial charge in [-0.05, 0) is 24.3 Å². The van der Waals surface area contributed by atoms with Crippen LogP contribution < -0.4 is 10.6 Å². The van der Waals surface area contributed by atoms with Gasteiger partial charge in [-0.3, -0.25) is 9.59 Å². The van der Waals surface area contributed by atoms with Crippen molar-refractivity contribution >= 4 is 74.8 Å². The topological polar surface area (TPSA) is 104 Å². The lowest BCUT2D eigenvalue weighted by atomic mass is 10.2. The van der Waals surface area contributed by atoms with Gasteiger partial charge in [-0.1, -0.05) is 53.2 Å². The number of nitrogens with zero attached hydrogens (tertiary/aromatic N) is 3. The molecule has 2 heterocycles. The van der Waals surface area contributed by atoms with E-state index in [-0.39, 0.29) is 28.2 Å². The van der Waals surface area contributed by atoms with Gasteiger partial charge < -0.3 is 10.7 Å². The maximum absolute atomic E-state index is 12.8. The second kappa shape index (κ2) is 8.51. The molecule has 0 aliphatic carbocycles. The smallest absolute Gasteiger partial charge is 0.247 e. The number of hydrogen-bond acceptors (Lipinski definition) is 5. The minimum absolute atomic E-state index is 0.0191. The van der Waals surface area contributed by atoms with Crippen molar-refractivity contribution in [2.45, 2.75) is 11.7 Å². The summed E-state index contributed by atoms with van der Waals surface area (Å²) in [5.74, 6) is -0.801. The third kappa shape index (κ3) is 4.07. The summed E-state index contributed by atoms with van der Waals surface area (Å²) in [4.78, 5) is 29.3. The van der Waals surface area contributed by atoms with Crippen LogP contribution in [0.15, 0.2) is 58.9 Å². The van der Waals surface area contributed by atoms with E-state index in [4.69, 9.17) is 28.9 Å². The van der Waals surface area contributed by atoms with Crippen LogP contribution in [-0.4, -0.2) is 33.4 Å². The second-order valence-corrected chi connectivity index (χ2v) is 8.51. The number of carbonyl (C=O) groups excluding carboxylic acids is 2. The molecule has 1 saturated heterocycles. The number of nitrogens with two attached hydrogens (primary N) is 1. The molecule has 7 nitrogen and oxygen atoms in total. The number of rotatable bonds is 4. The van der Waals surface area contributed by atoms with Crippen LogP contribution in [0.3, 0.4) is 0 Å². The molecule has 1 fully saturated rings. The Morgan fingerprint density at radius 1 is 1.23 bits per heavy atom. The van der Waals surface area contributed by atoms with E-state index < -0.39 is 11.2 Å². The molecule has 1 unspecified atom stereocenters. The number of benzene rings is 2. The predicted molar refractivity (Wildman–Crippen MR) is 122 cm³/mol. The summed E-state index contributed by atoms with van der Waals surface area (Å²) in [6, 6.07) is 12.4. The first kappa shape index (κ1) is 20.5. The molecule has 1 aliphatic rings. The van der Waals surface area contributed by atoms with Gasteiger partial charge in [0, 0.05) is 34.1 Å². The number of imide groups is 1. The van der Waals surface area contributed by atoms with E-state index in [1.165, 1.54) is 12.1 Å². The minimum Gasteiger partial charge on any atom is -0.377 e. The normalized spacial score (nSPS) is 17.6. The van der Waals surface area contributed by atoms with E-state index in [9.17, 15) is 9.59 Å². The number of hydrogen-bond donors (Lipinski definition) is 2. The van der Waals surface area contributed by atoms with Crippen LogP contribution in [0.25, 0.3) is 10.9 Å². The van der Waals surface area contributed by atoms with Crippen LogP contribution in [0.1, 0.15) is 12.0 Å². The van der Waals surface area contributed by atoms with Crippen LogP contribution in [0, 0.1) is 0 Å². The third-order valence-electron chi connectivity index (χ3n) is 4.49. The van der Waals surface area contributed by atoms with Crippen molar-refractivity contribution in [2.24, 2.45) is 15.9 Å². The molecule has 0 radical (unpaired) electrons. The molecule has 10 heteroatoms. The quantitative estimate of drug-likeness (QED) is 0.264. The largest absolute Gasteiger partial charge is 0.377 e. The number of aromatic amines is 1. The van der Waals surface area contributed by atoms with Crippen LogP contribution >= 0.6 is 35.0 Å². The Morgan fingerprint density at radius 3 is 2.87 bits per heavy atom. The third-order valence-corrected chi connectivity index (χ3v) is 6.02. The Kier molecular flexibility index (Phi) is 5.80. The molecule has 1 atom stereocenters. The van der Waals surface area contributed by atoms with E-state index >= 15 is 0 Å². The van der Waals surface area contributed by atoms with Crippen molar-refractivity contribution in [3.05, 3.63) is 64.3 Å². The number of halogens is 2. The van der Waals surface area contributed by atoms with Gasteiger partial charge in [0.05, 0.1) is 16.9 Å². The number of fused-ring (bicyclic) bond motifs is 1. The van der Waals surface area contributed by atoms with Gasteiger partial charge in [0.15, 0.2) is 5.17 Å². The Labute approximate surface area is 185 Å². The summed E-state index contributed by atoms with van der Waals surface area (Å²) < 4.78 is 0. The highest BCUT2D eigenvalue weighted by molar-refractivity contribution is 8.14. The average molecular weight is 460 g/mol. The lowest BCUT2D eigenvalue weighted by molar-refractivity contribution is -0.121. The second-order valence-electron chi connectivity index (χ2n) is 6.45. The maximum atomic E-state index is 12.8. The Hall–Kier alpha value is -2.81. The van der Waals surface area contributed by atoms with Crippen molar-refractivity contribution < 1.29 is 9.59 Å². The first-order chi connectivity index (χ1) is 14.4. The Bertz CT molecular complexity index is 1210. The average Bonchev–Trinajstić information content (AvgIpc) is 3.25. The fourth-order valence-electron chi connectivity index (χ4n) is 3.12. The molecule has 3 N–H and O–H groups in total. The summed E-state index contributed by atoms with van der Waals surface area (Å²) in [7, 11) is 0. The van der Waals surface area contributed by atoms with E-state index in [2.05, 4.69) is 15.2 Å². The fraction of sp³-hybridized carbons (Fsp3) is 0.100. The molecule has 0 bridgehead atoms. The molecule has 1 aliphatic heterocycles. The number of nitrogens with one attached hydrogen (secondary N) is 1. The Balaban J connectivity index is 1.47. The molecule has 0 saturated carbocycles. The van der Waals surface area contributed by atoms with Crippen molar-refractivity contribution in [2.75, 3.05) is 4.90 Å². The standard InChI is InChI=1S/C20H15Cl2N5O2S/c21-12-5-6-14(22)16(7-12)27-18(28)8-17(19(27)29)30-20(23)26-25-10-11-9-24-15-4-2-1-3-13(11)15/h1-7,9-10,17,24H,8H2,(H2,23,26)/b25-10+. The number of aromatic nitrogens is 1. The van der Waals surface area contributed by atoms with Gasteiger partial charge in [0.25, 0.3) is 0 Å². The monoisotopic (exact) mass is 459 g/mol. The summed E-state index contributed by atoms with van der Waals surface area (Å²) in [5.41, 5.74) is 8.02. The molecular formula is C20H15Cl2N5O2S. The summed E-state index contributed by atoms with van der Waals surface area (Å²) in [5, 5.41) is 8.96. The number of carbonyl (C=O) groups is 2. The van der Waals surface area contributed by atoms with Crippen molar-refractivity contribution in [1.29, 1.82) is 0 Å². The number of amidine groups is 1. The minimum atomic E-state index is -0.709. The first-order valence-electron chi connectivity index (χ1n) is 8.85. The lowest BCUT2D eigenvalue weighted by Crippen LogP contribution is -2.32. The van der Waals surface area contributed by atoms with Crippen LogP contribution in [0.5, 0.6) is 0 Å². The molecule has 0 spiro atoms. The molecular weight excluding hydrogens is 445 g/mol. The van der Waals surface area contributed by atoms with E-state index in [0.717, 1.165) is 33.1 Å². The number of H-pyrrole nitrogens is 1. The van der Waals surface area contributed by atoms with E-state index in [1.807, 2.05) is 30.5 Å². The highest BCUT2D eigenvalue weighted by Crippen LogP contribution is 2.35. The SMILES string of the molecule is N/C(=N\N=C\c1c[nH]c2ccccc12)SC1CC(=O)N(c2cc(Cl)ccc2Cl)C1=O. The van der Waals surface area contributed by atoms with E-state index in [0.29, 0.717) is 5.02 Å². The highest BCUT2D eigenvalue weighted by atomic mass is 35.5. The summed E-state index contributed by atoms with van der Waals surface area (Å²) in [6.45, 7) is 0. The van der Waals surface area contributed by atoms with Crippen LogP contribution in [-0.2, 0) is 9.59 Å². The zero-order valence-electron chi connectivity index (χ0n) is 15.4. The maximum Gasteiger partial charge on any atom is 0.247 e. The Morgan fingerprint density at radius 2 is 2.03 bits per heavy atom. The molecule has 2 aromatic carbocycles. The molecule has 3 aromatic rings. The number of para-hydroxylation sites is 1. The zero-order valence-corrected chi connectivity index (χ0v) is 17.7. The van der Waals surface area contributed by atoms with Gasteiger partial charge in [0.2, 0.25) is 11.8 Å². The van der Waals surface area contributed by atoms with Gasteiger partial charge in [-0.2, -0.15) is 5.10 Å². The van der Waals surface area contributed by atoms with Gasteiger partial charge in [-0.25, -0.2) is 4.90 Å². The molecule has 2 amide bonds. The lowest BCUT2D eigenvalue weighted by Gasteiger charge is -2.16. The molecule has 1 aromatic heterocycles. The van der Waals surface area contributed by atoms with Crippen molar-refractivity contribution in [3.8, 4) is 0 Å². The molecule has 30 heavy (non-hydrogen) atoms. The number of anilines is 1. The van der Waals surface area contributed by atoms with Crippen molar-refractivity contribution in [1.82, 2.24) is 4.98 Å². The summed E-state index contributed by atoms with van der Waals surface area (Å²) >= 11 is 13.1. The predicted octanol–water partition coefficient (Wildman–Crippen LogP) is 4.19. The highest BCUT2D eigenvalue weighted by Gasteiger charge is 2.41. The van der Waals surface area contributed by atoms with Crippen LogP contribution in [0.4, 0.5) is 5.69 Å². The van der Waals surface area contributed by atoms with Crippen molar-refractivity contribution in [3.63, 3.8) is 0 Å². The van der Waals surface area contributed by atoms with Crippen LogP contribution in [0.2, 0.25) is 10.0 Å². The zero-order chi connectivity index (χ0) is 21.3. The first-order valence-corrected chi connectivity index (χ1v) is 10.5. The van der Waals surface area contributed by atoms with Gasteiger partial charge in [-0.15, -0.1) is 5.10 Å².